The molecule has 4 rings (SSSR count). The van der Waals surface area contributed by atoms with Gasteiger partial charge in [0.25, 0.3) is 5.69 Å². The van der Waals surface area contributed by atoms with E-state index < -0.39 is 0 Å². The molecule has 38 heavy (non-hydrogen) atoms. The van der Waals surface area contributed by atoms with Crippen LogP contribution in [0.4, 0.5) is 5.69 Å². The van der Waals surface area contributed by atoms with Crippen LogP contribution < -0.4 is 15.7 Å². The molecular weight excluding hydrogens is 473 g/mol. The normalized spacial score (nSPS) is 10.9. The lowest BCUT2D eigenvalue weighted by Crippen LogP contribution is -2.49. The third-order valence-electron chi connectivity index (χ3n) is 6.92. The minimum Gasteiger partial charge on any atom is -0.489 e. The molecule has 0 amide bonds. The zero-order valence-corrected chi connectivity index (χ0v) is 23.0. The third kappa shape index (κ3) is 6.14. The zero-order chi connectivity index (χ0) is 27.4. The Morgan fingerprint density at radius 2 is 1.21 bits per heavy atom. The van der Waals surface area contributed by atoms with Gasteiger partial charge in [-0.25, -0.2) is 0 Å². The predicted molar refractivity (Wildman–Crippen MR) is 155 cm³/mol. The van der Waals surface area contributed by atoms with Gasteiger partial charge in [0.15, 0.2) is 0 Å². The van der Waals surface area contributed by atoms with Crippen LogP contribution in [0, 0.1) is 51.7 Å². The minimum absolute atomic E-state index is 0.0620. The molecule has 0 fully saturated rings. The van der Waals surface area contributed by atoms with Gasteiger partial charge in [-0.1, -0.05) is 81.9 Å². The van der Waals surface area contributed by atoms with Crippen molar-refractivity contribution in [2.75, 3.05) is 0 Å². The molecule has 0 aliphatic carbocycles. The molecular formula is C32H34BNO4. The van der Waals surface area contributed by atoms with Gasteiger partial charge in [0.1, 0.15) is 12.4 Å². The quantitative estimate of drug-likeness (QED) is 0.151. The van der Waals surface area contributed by atoms with Crippen molar-refractivity contribution < 1.29 is 14.3 Å². The molecule has 4 aromatic carbocycles. The second kappa shape index (κ2) is 11.7. The number of hydrogen-bond acceptors (Lipinski definition) is 4. The molecule has 0 saturated carbocycles. The summed E-state index contributed by atoms with van der Waals surface area (Å²) < 4.78 is 12.5. The lowest BCUT2D eigenvalue weighted by Gasteiger charge is -2.24. The maximum atomic E-state index is 11.3. The Bertz CT molecular complexity index is 1360. The third-order valence-corrected chi connectivity index (χ3v) is 6.92. The Balaban J connectivity index is 1.55. The largest absolute Gasteiger partial charge is 0.489 e. The van der Waals surface area contributed by atoms with Gasteiger partial charge in [0.2, 0.25) is 0 Å². The predicted octanol–water partition coefficient (Wildman–Crippen LogP) is 6.35. The van der Waals surface area contributed by atoms with E-state index in [0.717, 1.165) is 5.56 Å². The van der Waals surface area contributed by atoms with Gasteiger partial charge in [-0.3, -0.25) is 10.1 Å². The number of benzene rings is 4. The van der Waals surface area contributed by atoms with E-state index in [1.165, 1.54) is 50.4 Å². The maximum Gasteiger partial charge on any atom is 0.362 e. The van der Waals surface area contributed by atoms with E-state index in [9.17, 15) is 10.1 Å². The standard InChI is InChI=1S/C32H34BNO4/c1-21-15-23(3)31(24(4)16-21)33(32-25(5)17-22(2)18-26(32)6)38-19-27-11-13-29(14-12-27)37-20-28-9-7-8-10-30(28)34(35)36/h7-18H,19-20H2,1-6H3. The molecule has 4 aromatic rings. The first-order valence-electron chi connectivity index (χ1n) is 12.8. The summed E-state index contributed by atoms with van der Waals surface area (Å²) in [6.07, 6.45) is 0. The summed E-state index contributed by atoms with van der Waals surface area (Å²) >= 11 is 0. The summed E-state index contributed by atoms with van der Waals surface area (Å²) in [5.74, 6) is 0.652. The van der Waals surface area contributed by atoms with Crippen molar-refractivity contribution in [2.24, 2.45) is 0 Å². The topological polar surface area (TPSA) is 61.6 Å². The van der Waals surface area contributed by atoms with E-state index in [-0.39, 0.29) is 24.1 Å². The number of rotatable bonds is 9. The van der Waals surface area contributed by atoms with Crippen molar-refractivity contribution in [2.45, 2.75) is 54.8 Å². The fourth-order valence-corrected chi connectivity index (χ4v) is 5.35. The minimum atomic E-state index is -0.384. The lowest BCUT2D eigenvalue weighted by atomic mass is 9.50. The van der Waals surface area contributed by atoms with E-state index in [4.69, 9.17) is 9.39 Å². The molecule has 0 radical (unpaired) electrons. The van der Waals surface area contributed by atoms with E-state index in [1.54, 1.807) is 18.2 Å². The molecule has 0 atom stereocenters. The summed E-state index contributed by atoms with van der Waals surface area (Å²) in [6.45, 7) is 13.3. The Morgan fingerprint density at radius 1 is 0.711 bits per heavy atom. The Hall–Kier alpha value is -3.90. The molecule has 0 aliphatic heterocycles. The second-order valence-corrected chi connectivity index (χ2v) is 10.1. The van der Waals surface area contributed by atoms with Crippen LogP contribution in [0.2, 0.25) is 0 Å². The first-order chi connectivity index (χ1) is 18.1. The highest BCUT2D eigenvalue weighted by molar-refractivity contribution is 6.81. The summed E-state index contributed by atoms with van der Waals surface area (Å²) in [4.78, 5) is 10.9. The molecule has 0 aromatic heterocycles. The number of nitro benzene ring substituents is 1. The fraction of sp³-hybridized carbons (Fsp3) is 0.250. The molecule has 0 bridgehead atoms. The van der Waals surface area contributed by atoms with E-state index >= 15 is 0 Å². The van der Waals surface area contributed by atoms with Crippen molar-refractivity contribution in [1.82, 2.24) is 0 Å². The van der Waals surface area contributed by atoms with Gasteiger partial charge < -0.3 is 9.39 Å². The smallest absolute Gasteiger partial charge is 0.362 e. The first kappa shape index (κ1) is 27.1. The van der Waals surface area contributed by atoms with Crippen molar-refractivity contribution in [3.05, 3.63) is 127 Å². The van der Waals surface area contributed by atoms with E-state index in [1.807, 2.05) is 24.3 Å². The van der Waals surface area contributed by atoms with Crippen LogP contribution in [0.1, 0.15) is 44.5 Å². The second-order valence-electron chi connectivity index (χ2n) is 10.1. The number of nitro groups is 1. The van der Waals surface area contributed by atoms with E-state index in [2.05, 4.69) is 65.8 Å². The van der Waals surface area contributed by atoms with Gasteiger partial charge >= 0.3 is 6.92 Å². The maximum absolute atomic E-state index is 11.3. The average Bonchev–Trinajstić information content (AvgIpc) is 2.85. The molecule has 0 aliphatic rings. The van der Waals surface area contributed by atoms with Crippen LogP contribution in [-0.2, 0) is 17.9 Å². The summed E-state index contributed by atoms with van der Waals surface area (Å²) in [7, 11) is 0. The van der Waals surface area contributed by atoms with Crippen molar-refractivity contribution >= 4 is 23.5 Å². The summed E-state index contributed by atoms with van der Waals surface area (Å²) in [6, 6.07) is 23.3. The van der Waals surface area contributed by atoms with Crippen LogP contribution in [0.25, 0.3) is 0 Å². The summed E-state index contributed by atoms with van der Waals surface area (Å²) in [5, 5.41) is 11.3. The summed E-state index contributed by atoms with van der Waals surface area (Å²) in [5.41, 5.74) is 11.5. The van der Waals surface area contributed by atoms with Crippen LogP contribution in [-0.4, -0.2) is 11.8 Å². The lowest BCUT2D eigenvalue weighted by molar-refractivity contribution is -0.385. The molecule has 194 valence electrons. The zero-order valence-electron chi connectivity index (χ0n) is 23.0. The van der Waals surface area contributed by atoms with Crippen molar-refractivity contribution in [1.29, 1.82) is 0 Å². The molecule has 0 spiro atoms. The van der Waals surface area contributed by atoms with Gasteiger partial charge in [0.05, 0.1) is 17.1 Å². The SMILES string of the molecule is Cc1cc(C)c(B(OCc2ccc(OCc3ccccc3[N+](=O)[O-])cc2)c2c(C)cc(C)cc2C)c(C)c1. The van der Waals surface area contributed by atoms with Gasteiger partial charge in [-0.05, 0) is 76.2 Å². The highest BCUT2D eigenvalue weighted by Crippen LogP contribution is 2.21. The fourth-order valence-electron chi connectivity index (χ4n) is 5.35. The van der Waals surface area contributed by atoms with E-state index in [0.29, 0.717) is 17.9 Å². The molecule has 0 saturated heterocycles. The van der Waals surface area contributed by atoms with Crippen molar-refractivity contribution in [3.8, 4) is 5.75 Å². The number of hydrogen-bond donors (Lipinski definition) is 0. The molecule has 6 heteroatoms. The van der Waals surface area contributed by atoms with Gasteiger partial charge in [0, 0.05) is 6.07 Å². The average molecular weight is 507 g/mol. The van der Waals surface area contributed by atoms with Crippen LogP contribution in [0.3, 0.4) is 0 Å². The molecule has 0 heterocycles. The Labute approximate surface area is 225 Å². The van der Waals surface area contributed by atoms with Crippen LogP contribution in [0.15, 0.2) is 72.8 Å². The van der Waals surface area contributed by atoms with Crippen LogP contribution >= 0.6 is 0 Å². The molecule has 0 N–H and O–H groups in total. The van der Waals surface area contributed by atoms with Gasteiger partial charge in [-0.2, -0.15) is 0 Å². The highest BCUT2D eigenvalue weighted by atomic mass is 16.6. The molecule has 5 nitrogen and oxygen atoms in total. The monoisotopic (exact) mass is 507 g/mol. The number of nitrogens with zero attached hydrogens (tertiary/aromatic N) is 1. The van der Waals surface area contributed by atoms with Crippen LogP contribution in [0.5, 0.6) is 5.75 Å². The number of aryl methyl sites for hydroxylation is 6. The number of ether oxygens (including phenoxy) is 1. The molecule has 0 unspecified atom stereocenters. The van der Waals surface area contributed by atoms with Crippen molar-refractivity contribution in [3.63, 3.8) is 0 Å². The Kier molecular flexibility index (Phi) is 8.33. The van der Waals surface area contributed by atoms with Gasteiger partial charge in [-0.15, -0.1) is 0 Å². The Morgan fingerprint density at radius 3 is 1.71 bits per heavy atom. The number of para-hydroxylation sites is 1. The first-order valence-corrected chi connectivity index (χ1v) is 12.8. The highest BCUT2D eigenvalue weighted by Gasteiger charge is 2.28.